The number of rotatable bonds is 8. The summed E-state index contributed by atoms with van der Waals surface area (Å²) in [6.45, 7) is 8.11. The minimum atomic E-state index is -1.20. The highest BCUT2D eigenvalue weighted by atomic mass is 16.5. The number of likely N-dealkylation sites (N-methyl/N-ethyl adjacent to an activating group) is 1. The Bertz CT molecular complexity index is 343. The Balaban J connectivity index is 2.39. The van der Waals surface area contributed by atoms with Crippen molar-refractivity contribution in [3.8, 4) is 0 Å². The van der Waals surface area contributed by atoms with Crippen LogP contribution in [0.3, 0.4) is 0 Å². The summed E-state index contributed by atoms with van der Waals surface area (Å²) in [4.78, 5) is 25.6. The van der Waals surface area contributed by atoms with Crippen molar-refractivity contribution in [2.75, 3.05) is 39.4 Å². The van der Waals surface area contributed by atoms with Gasteiger partial charge in [0, 0.05) is 39.1 Å². The Morgan fingerprint density at radius 2 is 1.90 bits per heavy atom. The number of ether oxygens (including phenoxy) is 1. The number of carbonyl (C=O) groups excluding carboxylic acids is 1. The first-order chi connectivity index (χ1) is 10.0. The van der Waals surface area contributed by atoms with Crippen LogP contribution >= 0.6 is 0 Å². The number of nitrogens with one attached hydrogen (secondary N) is 2. The number of nitrogens with zero attached hydrogens (tertiary/aromatic N) is 1. The number of amides is 2. The van der Waals surface area contributed by atoms with Gasteiger partial charge in [-0.05, 0) is 19.5 Å². The highest BCUT2D eigenvalue weighted by molar-refractivity contribution is 5.86. The van der Waals surface area contributed by atoms with Gasteiger partial charge in [0.15, 0.2) is 0 Å². The molecule has 0 unspecified atom stereocenters. The van der Waals surface area contributed by atoms with Crippen LogP contribution in [0, 0.1) is 0 Å². The van der Waals surface area contributed by atoms with Crippen LogP contribution in [0.5, 0.6) is 0 Å². The highest BCUT2D eigenvalue weighted by Crippen LogP contribution is 2.20. The number of urea groups is 1. The molecule has 0 aliphatic carbocycles. The van der Waals surface area contributed by atoms with Crippen LogP contribution < -0.4 is 10.6 Å². The molecule has 0 aromatic heterocycles. The number of aliphatic carboxylic acids is 1. The summed E-state index contributed by atoms with van der Waals surface area (Å²) < 4.78 is 5.17. The maximum atomic E-state index is 11.9. The molecule has 3 N–H and O–H groups in total. The third kappa shape index (κ3) is 5.51. The molecule has 1 fully saturated rings. The molecule has 122 valence electrons. The van der Waals surface area contributed by atoms with Crippen LogP contribution in [-0.4, -0.2) is 66.9 Å². The maximum Gasteiger partial charge on any atom is 0.329 e. The molecule has 21 heavy (non-hydrogen) atoms. The van der Waals surface area contributed by atoms with E-state index < -0.39 is 17.5 Å². The van der Waals surface area contributed by atoms with E-state index in [1.54, 1.807) is 0 Å². The summed E-state index contributed by atoms with van der Waals surface area (Å²) in [5.74, 6) is -0.998. The van der Waals surface area contributed by atoms with Crippen molar-refractivity contribution in [3.63, 3.8) is 0 Å². The molecule has 7 nitrogen and oxygen atoms in total. The van der Waals surface area contributed by atoms with E-state index in [9.17, 15) is 14.7 Å². The fourth-order valence-corrected chi connectivity index (χ4v) is 2.45. The monoisotopic (exact) mass is 301 g/mol. The molecule has 0 aromatic rings. The Morgan fingerprint density at radius 1 is 1.24 bits per heavy atom. The first-order valence-corrected chi connectivity index (χ1v) is 7.63. The molecule has 0 saturated carbocycles. The molecule has 0 spiro atoms. The SMILES string of the molecule is CCCN(CC)CCNC(=O)NC1(C(=O)O)CCOCC1. The molecule has 1 saturated heterocycles. The van der Waals surface area contributed by atoms with Gasteiger partial charge in [-0.3, -0.25) is 0 Å². The molecule has 0 aromatic carbocycles. The molecule has 7 heteroatoms. The second-order valence-electron chi connectivity index (χ2n) is 5.31. The molecule has 0 bridgehead atoms. The zero-order valence-electron chi connectivity index (χ0n) is 13.0. The predicted octanol–water partition coefficient (Wildman–Crippen LogP) is 0.651. The molecule has 1 aliphatic heterocycles. The highest BCUT2D eigenvalue weighted by Gasteiger charge is 2.41. The predicted molar refractivity (Wildman–Crippen MR) is 79.4 cm³/mol. The van der Waals surface area contributed by atoms with Gasteiger partial charge in [0.1, 0.15) is 5.54 Å². The average molecular weight is 301 g/mol. The minimum absolute atomic E-state index is 0.298. The molecule has 1 heterocycles. The van der Waals surface area contributed by atoms with Crippen LogP contribution in [0.4, 0.5) is 4.79 Å². The van der Waals surface area contributed by atoms with Gasteiger partial charge >= 0.3 is 12.0 Å². The standard InChI is InChI=1S/C14H27N3O4/c1-3-8-17(4-2)9-7-15-13(20)16-14(12(18)19)5-10-21-11-6-14/h3-11H2,1-2H3,(H,18,19)(H2,15,16,20). The second kappa shape index (κ2) is 8.84. The topological polar surface area (TPSA) is 90.9 Å². The van der Waals surface area contributed by atoms with E-state index in [2.05, 4.69) is 29.4 Å². The van der Waals surface area contributed by atoms with Gasteiger partial charge in [-0.15, -0.1) is 0 Å². The van der Waals surface area contributed by atoms with Crippen molar-refractivity contribution >= 4 is 12.0 Å². The van der Waals surface area contributed by atoms with Crippen molar-refractivity contribution in [2.45, 2.75) is 38.6 Å². The van der Waals surface area contributed by atoms with Crippen molar-refractivity contribution in [1.29, 1.82) is 0 Å². The fraction of sp³-hybridized carbons (Fsp3) is 0.857. The van der Waals surface area contributed by atoms with Gasteiger partial charge in [0.05, 0.1) is 0 Å². The van der Waals surface area contributed by atoms with E-state index in [1.165, 1.54) is 0 Å². The van der Waals surface area contributed by atoms with E-state index in [-0.39, 0.29) is 0 Å². The Morgan fingerprint density at radius 3 is 2.43 bits per heavy atom. The Hall–Kier alpha value is -1.34. The van der Waals surface area contributed by atoms with E-state index in [1.807, 2.05) is 0 Å². The van der Waals surface area contributed by atoms with Crippen LogP contribution in [-0.2, 0) is 9.53 Å². The summed E-state index contributed by atoms with van der Waals surface area (Å²) in [6.07, 6.45) is 1.67. The van der Waals surface area contributed by atoms with E-state index in [4.69, 9.17) is 4.74 Å². The number of hydrogen-bond acceptors (Lipinski definition) is 4. The number of carbonyl (C=O) groups is 2. The van der Waals surface area contributed by atoms with E-state index in [0.29, 0.717) is 32.6 Å². The van der Waals surface area contributed by atoms with E-state index >= 15 is 0 Å². The number of carboxylic acids is 1. The molecule has 1 aliphatic rings. The molecule has 2 amide bonds. The second-order valence-corrected chi connectivity index (χ2v) is 5.31. The lowest BCUT2D eigenvalue weighted by Gasteiger charge is -2.33. The van der Waals surface area contributed by atoms with Gasteiger partial charge in [0.2, 0.25) is 0 Å². The number of hydrogen-bond donors (Lipinski definition) is 3. The average Bonchev–Trinajstić information content (AvgIpc) is 2.47. The van der Waals surface area contributed by atoms with Crippen LogP contribution in [0.25, 0.3) is 0 Å². The number of carboxylic acid groups (broad SMARTS) is 1. The maximum absolute atomic E-state index is 11.9. The van der Waals surface area contributed by atoms with Crippen molar-refractivity contribution in [3.05, 3.63) is 0 Å². The minimum Gasteiger partial charge on any atom is -0.480 e. The molecule has 0 radical (unpaired) electrons. The Labute approximate surface area is 126 Å². The summed E-state index contributed by atoms with van der Waals surface area (Å²) >= 11 is 0. The quantitative estimate of drug-likeness (QED) is 0.612. The van der Waals surface area contributed by atoms with Gasteiger partial charge in [-0.25, -0.2) is 9.59 Å². The first-order valence-electron chi connectivity index (χ1n) is 7.63. The summed E-state index contributed by atoms with van der Waals surface area (Å²) in [7, 11) is 0. The van der Waals surface area contributed by atoms with Crippen molar-refractivity contribution in [2.24, 2.45) is 0 Å². The van der Waals surface area contributed by atoms with Crippen molar-refractivity contribution < 1.29 is 19.4 Å². The van der Waals surface area contributed by atoms with Gasteiger partial charge < -0.3 is 25.4 Å². The Kier molecular flexibility index (Phi) is 7.45. The molecular weight excluding hydrogens is 274 g/mol. The van der Waals surface area contributed by atoms with Crippen LogP contribution in [0.2, 0.25) is 0 Å². The lowest BCUT2D eigenvalue weighted by Crippen LogP contribution is -2.60. The third-order valence-corrected chi connectivity index (χ3v) is 3.81. The summed E-state index contributed by atoms with van der Waals surface area (Å²) in [6, 6.07) is -0.424. The van der Waals surface area contributed by atoms with Gasteiger partial charge in [0.25, 0.3) is 0 Å². The largest absolute Gasteiger partial charge is 0.480 e. The zero-order valence-corrected chi connectivity index (χ0v) is 13.0. The summed E-state index contributed by atoms with van der Waals surface area (Å²) in [5.41, 5.74) is -1.20. The zero-order chi connectivity index (χ0) is 15.7. The summed E-state index contributed by atoms with van der Waals surface area (Å²) in [5, 5.41) is 14.7. The van der Waals surface area contributed by atoms with Gasteiger partial charge in [-0.2, -0.15) is 0 Å². The van der Waals surface area contributed by atoms with Gasteiger partial charge in [-0.1, -0.05) is 13.8 Å². The molecule has 0 atom stereocenters. The normalized spacial score (nSPS) is 17.5. The lowest BCUT2D eigenvalue weighted by atomic mass is 9.90. The lowest BCUT2D eigenvalue weighted by molar-refractivity contribution is -0.148. The fourth-order valence-electron chi connectivity index (χ4n) is 2.45. The van der Waals surface area contributed by atoms with Crippen molar-refractivity contribution in [1.82, 2.24) is 15.5 Å². The molecule has 1 rings (SSSR count). The third-order valence-electron chi connectivity index (χ3n) is 3.81. The van der Waals surface area contributed by atoms with Crippen LogP contribution in [0.15, 0.2) is 0 Å². The first kappa shape index (κ1) is 17.7. The van der Waals surface area contributed by atoms with Crippen LogP contribution in [0.1, 0.15) is 33.1 Å². The molecular formula is C14H27N3O4. The van der Waals surface area contributed by atoms with E-state index in [0.717, 1.165) is 26.1 Å². The smallest absolute Gasteiger partial charge is 0.329 e.